The second-order valence-corrected chi connectivity index (χ2v) is 12.6. The van der Waals surface area contributed by atoms with E-state index in [1.54, 1.807) is 0 Å². The van der Waals surface area contributed by atoms with Gasteiger partial charge in [0.2, 0.25) is 0 Å². The van der Waals surface area contributed by atoms with Gasteiger partial charge >= 0.3 is 0 Å². The molecule has 210 valence electrons. The van der Waals surface area contributed by atoms with Crippen LogP contribution in [-0.4, -0.2) is 63.4 Å². The summed E-state index contributed by atoms with van der Waals surface area (Å²) in [6, 6.07) is 15.7. The lowest BCUT2D eigenvalue weighted by Gasteiger charge is -2.46. The average Bonchev–Trinajstić information content (AvgIpc) is 3.48. The molecule has 1 heterocycles. The van der Waals surface area contributed by atoms with Crippen molar-refractivity contribution in [2.24, 2.45) is 5.41 Å². The lowest BCUT2D eigenvalue weighted by molar-refractivity contribution is -0.0875. The number of rotatable bonds is 5. The highest BCUT2D eigenvalue weighted by molar-refractivity contribution is 6.10. The molecule has 3 aliphatic carbocycles. The van der Waals surface area contributed by atoms with E-state index in [9.17, 15) is 20.1 Å². The zero-order chi connectivity index (χ0) is 27.6. The van der Waals surface area contributed by atoms with Crippen LogP contribution in [0.25, 0.3) is 0 Å². The van der Waals surface area contributed by atoms with Crippen LogP contribution in [0.15, 0.2) is 60.2 Å². The van der Waals surface area contributed by atoms with Gasteiger partial charge < -0.3 is 15.3 Å². The van der Waals surface area contributed by atoms with E-state index in [0.717, 1.165) is 56.2 Å². The highest BCUT2D eigenvalue weighted by Gasteiger charge is 2.57. The maximum atomic E-state index is 14.0. The first-order chi connectivity index (χ1) is 18.7. The minimum Gasteiger partial charge on any atom is -0.395 e. The van der Waals surface area contributed by atoms with Crippen molar-refractivity contribution in [3.8, 4) is 0 Å². The van der Waals surface area contributed by atoms with E-state index in [1.807, 2.05) is 36.4 Å². The van der Waals surface area contributed by atoms with Gasteiger partial charge in [0.25, 0.3) is 0 Å². The van der Waals surface area contributed by atoms with E-state index in [4.69, 9.17) is 0 Å². The number of nitrogens with zero attached hydrogens (tertiary/aromatic N) is 1. The fraction of sp³-hybridized carbons (Fsp3) is 0.559. The molecule has 2 fully saturated rings. The molecule has 2 bridgehead atoms. The summed E-state index contributed by atoms with van der Waals surface area (Å²) in [5, 5.41) is 33.2. The lowest BCUT2D eigenvalue weighted by atomic mass is 9.64. The molecule has 39 heavy (non-hydrogen) atoms. The molecular formula is C34H45NO4. The second-order valence-electron chi connectivity index (χ2n) is 12.6. The molecule has 2 aromatic carbocycles. The van der Waals surface area contributed by atoms with E-state index >= 15 is 0 Å². The topological polar surface area (TPSA) is 81.0 Å². The van der Waals surface area contributed by atoms with Gasteiger partial charge in [-0.25, -0.2) is 0 Å². The van der Waals surface area contributed by atoms with Gasteiger partial charge in [-0.1, -0.05) is 61.0 Å². The largest absolute Gasteiger partial charge is 0.395 e. The van der Waals surface area contributed by atoms with Crippen LogP contribution in [0.5, 0.6) is 0 Å². The molecule has 0 aromatic heterocycles. The molecule has 4 aliphatic rings. The lowest BCUT2D eigenvalue weighted by Crippen LogP contribution is -2.53. The Bertz CT molecular complexity index is 1190. The Balaban J connectivity index is 1.59. The van der Waals surface area contributed by atoms with Crippen LogP contribution >= 0.6 is 0 Å². The minimum absolute atomic E-state index is 0.00227. The zero-order valence-electron chi connectivity index (χ0n) is 23.6. The highest BCUT2D eigenvalue weighted by Crippen LogP contribution is 2.59. The van der Waals surface area contributed by atoms with Crippen LogP contribution < -0.4 is 0 Å². The van der Waals surface area contributed by atoms with Crippen LogP contribution in [-0.2, 0) is 6.42 Å². The molecule has 3 N–H and O–H groups in total. The number of fused-ring (bicyclic) bond motifs is 8. The van der Waals surface area contributed by atoms with E-state index in [0.29, 0.717) is 36.9 Å². The molecule has 0 spiro atoms. The van der Waals surface area contributed by atoms with Gasteiger partial charge in [0.05, 0.1) is 18.3 Å². The van der Waals surface area contributed by atoms with Crippen molar-refractivity contribution in [3.05, 3.63) is 82.4 Å². The summed E-state index contributed by atoms with van der Waals surface area (Å²) in [6.07, 6.45) is 9.03. The summed E-state index contributed by atoms with van der Waals surface area (Å²) in [5.74, 6) is 0.0263. The number of ketones is 1. The standard InChI is InChI=1S/C34H45NO4/c1-24-8-6-17-33(2)31(16-18-34(33,39)23-35-19-7-11-27(35)22-36)29-15-13-25(20-28(37)14-12-24)21-30(29)32(38)26-9-4-3-5-10-26/h3-5,8-10,13,15,21,27-28,31,36-37,39H,6-7,11-12,14,16-20,22-23H2,1-2H3. The number of hydrogen-bond acceptors (Lipinski definition) is 5. The number of aliphatic hydroxyl groups excluding tert-OH is 2. The Morgan fingerprint density at radius 2 is 1.87 bits per heavy atom. The van der Waals surface area contributed by atoms with Crippen molar-refractivity contribution in [1.82, 2.24) is 4.90 Å². The first-order valence-corrected chi connectivity index (χ1v) is 14.9. The molecule has 1 saturated heterocycles. The number of likely N-dealkylation sites (tertiary alicyclic amines) is 1. The fourth-order valence-electron chi connectivity index (χ4n) is 7.59. The smallest absolute Gasteiger partial charge is 0.193 e. The van der Waals surface area contributed by atoms with Crippen molar-refractivity contribution >= 4 is 5.78 Å². The third-order valence-corrected chi connectivity index (χ3v) is 10.1. The van der Waals surface area contributed by atoms with Gasteiger partial charge in [-0.2, -0.15) is 0 Å². The summed E-state index contributed by atoms with van der Waals surface area (Å²) in [5.41, 5.74) is 3.26. The molecular weight excluding hydrogens is 486 g/mol. The van der Waals surface area contributed by atoms with Crippen LogP contribution in [0.4, 0.5) is 0 Å². The first-order valence-electron chi connectivity index (χ1n) is 14.9. The number of aliphatic hydroxyl groups is 3. The predicted molar refractivity (Wildman–Crippen MR) is 155 cm³/mol. The van der Waals surface area contributed by atoms with Crippen molar-refractivity contribution in [3.63, 3.8) is 0 Å². The second kappa shape index (κ2) is 11.7. The van der Waals surface area contributed by atoms with Crippen LogP contribution in [0.2, 0.25) is 0 Å². The number of carbonyl (C=O) groups is 1. The van der Waals surface area contributed by atoms with E-state index < -0.39 is 17.1 Å². The molecule has 6 rings (SSSR count). The predicted octanol–water partition coefficient (Wildman–Crippen LogP) is 5.41. The SMILES string of the molecule is CC1=CCCC2(C)C(CCC2(O)CN2CCCC2CO)c2ccc(cc2C(=O)c2ccccc2)CC(O)CC1. The number of allylic oxidation sites excluding steroid dienone is 2. The maximum absolute atomic E-state index is 14.0. The van der Waals surface area contributed by atoms with Crippen LogP contribution in [0.3, 0.4) is 0 Å². The zero-order valence-corrected chi connectivity index (χ0v) is 23.6. The van der Waals surface area contributed by atoms with E-state index in [1.165, 1.54) is 5.57 Å². The molecule has 2 aromatic rings. The Kier molecular flexibility index (Phi) is 8.44. The van der Waals surface area contributed by atoms with Gasteiger partial charge in [-0.3, -0.25) is 9.69 Å². The summed E-state index contributed by atoms with van der Waals surface area (Å²) in [7, 11) is 0. The van der Waals surface area contributed by atoms with Gasteiger partial charge in [0.1, 0.15) is 0 Å². The van der Waals surface area contributed by atoms with Crippen molar-refractivity contribution < 1.29 is 20.1 Å². The molecule has 5 atom stereocenters. The number of carbonyl (C=O) groups excluding carboxylic acids is 1. The average molecular weight is 532 g/mol. The summed E-state index contributed by atoms with van der Waals surface area (Å²) < 4.78 is 0. The Labute approximate surface area is 233 Å². The molecule has 1 saturated carbocycles. The van der Waals surface area contributed by atoms with Crippen molar-refractivity contribution in [1.29, 1.82) is 0 Å². The Morgan fingerprint density at radius 3 is 2.64 bits per heavy atom. The third-order valence-electron chi connectivity index (χ3n) is 10.1. The van der Waals surface area contributed by atoms with Crippen molar-refractivity contribution in [2.45, 2.75) is 95.3 Å². The fourth-order valence-corrected chi connectivity index (χ4v) is 7.59. The summed E-state index contributed by atoms with van der Waals surface area (Å²) >= 11 is 0. The van der Waals surface area contributed by atoms with Gasteiger partial charge in [-0.15, -0.1) is 0 Å². The normalized spacial score (nSPS) is 32.0. The van der Waals surface area contributed by atoms with Gasteiger partial charge in [0, 0.05) is 29.1 Å². The minimum atomic E-state index is -0.920. The number of β-amino-alcohol motifs (C(OH)–C–C–N with tert-alkyl or cyclic N) is 1. The van der Waals surface area contributed by atoms with Crippen LogP contribution in [0, 0.1) is 5.41 Å². The van der Waals surface area contributed by atoms with Crippen molar-refractivity contribution in [2.75, 3.05) is 19.7 Å². The van der Waals surface area contributed by atoms with Crippen LogP contribution in [0.1, 0.15) is 98.2 Å². The molecule has 1 aliphatic heterocycles. The van der Waals surface area contributed by atoms with E-state index in [-0.39, 0.29) is 24.3 Å². The Morgan fingerprint density at radius 1 is 1.08 bits per heavy atom. The molecule has 0 radical (unpaired) electrons. The maximum Gasteiger partial charge on any atom is 0.193 e. The van der Waals surface area contributed by atoms with Gasteiger partial charge in [0.15, 0.2) is 5.78 Å². The first kappa shape index (κ1) is 28.2. The van der Waals surface area contributed by atoms with Gasteiger partial charge in [-0.05, 0) is 94.4 Å². The number of hydrogen-bond donors (Lipinski definition) is 3. The molecule has 0 amide bonds. The Hall–Kier alpha value is -2.31. The molecule has 5 unspecified atom stereocenters. The van der Waals surface area contributed by atoms with E-state index in [2.05, 4.69) is 37.0 Å². The number of benzene rings is 2. The monoisotopic (exact) mass is 531 g/mol. The summed E-state index contributed by atoms with van der Waals surface area (Å²) in [4.78, 5) is 16.3. The molecule has 5 nitrogen and oxygen atoms in total. The quantitative estimate of drug-likeness (QED) is 0.355. The molecule has 5 heteroatoms. The highest BCUT2D eigenvalue weighted by atomic mass is 16.3. The summed E-state index contributed by atoms with van der Waals surface area (Å²) in [6.45, 7) is 5.96. The third kappa shape index (κ3) is 5.65.